The maximum absolute atomic E-state index is 12.7. The molecule has 4 nitrogen and oxygen atoms in total. The van der Waals surface area contributed by atoms with Crippen molar-refractivity contribution in [1.29, 1.82) is 5.26 Å². The largest absolute Gasteiger partial charge is 0.463 e. The molecular formula is C11H12F3N3O. The molecule has 0 saturated carbocycles. The quantitative estimate of drug-likeness (QED) is 0.827. The third-order valence-corrected chi connectivity index (χ3v) is 2.02. The van der Waals surface area contributed by atoms with Crippen LogP contribution in [0.25, 0.3) is 0 Å². The number of halogens is 3. The summed E-state index contributed by atoms with van der Waals surface area (Å²) in [6.07, 6.45) is -5.24. The molecule has 1 atom stereocenters. The van der Waals surface area contributed by atoms with E-state index in [2.05, 4.69) is 4.98 Å². The predicted octanol–water partition coefficient (Wildman–Crippen LogP) is 1.82. The van der Waals surface area contributed by atoms with Crippen molar-refractivity contribution in [1.82, 2.24) is 9.88 Å². The molecule has 1 aromatic rings. The van der Waals surface area contributed by atoms with Crippen LogP contribution in [0, 0.1) is 11.3 Å². The van der Waals surface area contributed by atoms with Crippen molar-refractivity contribution in [2.45, 2.75) is 12.3 Å². The standard InChI is InChI=1S/C11H12F3N3O/c1-17(2)7-9(11(12,13)14)18-10-5-8(6-15)3-4-16-10/h3-5,9H,7H2,1-2H3. The first-order valence-corrected chi connectivity index (χ1v) is 5.07. The third-order valence-electron chi connectivity index (χ3n) is 2.02. The van der Waals surface area contributed by atoms with Gasteiger partial charge in [0, 0.05) is 18.8 Å². The minimum absolute atomic E-state index is 0.200. The minimum atomic E-state index is -4.49. The zero-order chi connectivity index (χ0) is 13.8. The summed E-state index contributed by atoms with van der Waals surface area (Å²) in [6.45, 7) is -0.317. The number of pyridine rings is 1. The van der Waals surface area contributed by atoms with Gasteiger partial charge in [-0.05, 0) is 20.2 Å². The number of nitriles is 1. The summed E-state index contributed by atoms with van der Waals surface area (Å²) in [5.74, 6) is -0.210. The Balaban J connectivity index is 2.86. The molecule has 0 aromatic carbocycles. The van der Waals surface area contributed by atoms with Crippen molar-refractivity contribution in [3.05, 3.63) is 23.9 Å². The first-order valence-electron chi connectivity index (χ1n) is 5.07. The molecule has 1 aromatic heterocycles. The van der Waals surface area contributed by atoms with E-state index in [4.69, 9.17) is 10.00 Å². The molecule has 1 rings (SSSR count). The monoisotopic (exact) mass is 259 g/mol. The molecule has 0 amide bonds. The van der Waals surface area contributed by atoms with Gasteiger partial charge in [0.25, 0.3) is 0 Å². The van der Waals surface area contributed by atoms with Gasteiger partial charge < -0.3 is 9.64 Å². The van der Waals surface area contributed by atoms with Crippen molar-refractivity contribution in [3.8, 4) is 11.9 Å². The Bertz CT molecular complexity index is 440. The Labute approximate surface area is 103 Å². The zero-order valence-corrected chi connectivity index (χ0v) is 9.90. The van der Waals surface area contributed by atoms with Crippen LogP contribution in [0.5, 0.6) is 5.88 Å². The highest BCUT2D eigenvalue weighted by Gasteiger charge is 2.42. The number of likely N-dealkylation sites (N-methyl/N-ethyl adjacent to an activating group) is 1. The van der Waals surface area contributed by atoms with Gasteiger partial charge in [0.05, 0.1) is 11.6 Å². The molecule has 7 heteroatoms. The summed E-state index contributed by atoms with van der Waals surface area (Å²) in [5.41, 5.74) is 0.200. The SMILES string of the molecule is CN(C)CC(Oc1cc(C#N)ccn1)C(F)(F)F. The molecule has 0 N–H and O–H groups in total. The van der Waals surface area contributed by atoms with Crippen molar-refractivity contribution >= 4 is 0 Å². The Hall–Kier alpha value is -1.81. The second-order valence-electron chi connectivity index (χ2n) is 3.90. The molecular weight excluding hydrogens is 247 g/mol. The second kappa shape index (κ2) is 5.69. The normalized spacial score (nSPS) is 13.2. The fourth-order valence-electron chi connectivity index (χ4n) is 1.23. The fraction of sp³-hybridized carbons (Fsp3) is 0.455. The second-order valence-corrected chi connectivity index (χ2v) is 3.90. The van der Waals surface area contributed by atoms with Crippen molar-refractivity contribution in [3.63, 3.8) is 0 Å². The van der Waals surface area contributed by atoms with Gasteiger partial charge in [-0.15, -0.1) is 0 Å². The third kappa shape index (κ3) is 4.22. The molecule has 0 aliphatic rings. The van der Waals surface area contributed by atoms with Crippen LogP contribution >= 0.6 is 0 Å². The van der Waals surface area contributed by atoms with E-state index in [9.17, 15) is 13.2 Å². The van der Waals surface area contributed by atoms with Gasteiger partial charge >= 0.3 is 6.18 Å². The summed E-state index contributed by atoms with van der Waals surface area (Å²) < 4.78 is 42.9. The molecule has 0 saturated heterocycles. The maximum Gasteiger partial charge on any atom is 0.426 e. The molecule has 98 valence electrons. The molecule has 0 spiro atoms. The van der Waals surface area contributed by atoms with E-state index in [1.807, 2.05) is 6.07 Å². The molecule has 0 bridgehead atoms. The molecule has 0 radical (unpaired) electrons. The van der Waals surface area contributed by atoms with Gasteiger partial charge in [0.15, 0.2) is 0 Å². The first-order chi connectivity index (χ1) is 8.32. The number of hydrogen-bond donors (Lipinski definition) is 0. The van der Waals surface area contributed by atoms with Crippen LogP contribution in [0.4, 0.5) is 13.2 Å². The molecule has 1 heterocycles. The van der Waals surface area contributed by atoms with Gasteiger partial charge in [-0.3, -0.25) is 0 Å². The highest BCUT2D eigenvalue weighted by Crippen LogP contribution is 2.25. The molecule has 18 heavy (non-hydrogen) atoms. The number of hydrogen-bond acceptors (Lipinski definition) is 4. The van der Waals surface area contributed by atoms with E-state index in [1.165, 1.54) is 37.3 Å². The van der Waals surface area contributed by atoms with Crippen LogP contribution in [-0.2, 0) is 0 Å². The van der Waals surface area contributed by atoms with E-state index < -0.39 is 12.3 Å². The fourth-order valence-corrected chi connectivity index (χ4v) is 1.23. The van der Waals surface area contributed by atoms with E-state index in [-0.39, 0.29) is 18.0 Å². The van der Waals surface area contributed by atoms with Crippen molar-refractivity contribution < 1.29 is 17.9 Å². The molecule has 1 unspecified atom stereocenters. The van der Waals surface area contributed by atoms with Crippen molar-refractivity contribution in [2.75, 3.05) is 20.6 Å². The Morgan fingerprint density at radius 2 is 2.17 bits per heavy atom. The number of nitrogens with zero attached hydrogens (tertiary/aromatic N) is 3. The Morgan fingerprint density at radius 1 is 1.50 bits per heavy atom. The summed E-state index contributed by atoms with van der Waals surface area (Å²) >= 11 is 0. The van der Waals surface area contributed by atoms with E-state index in [0.717, 1.165) is 0 Å². The molecule has 0 aliphatic heterocycles. The van der Waals surface area contributed by atoms with Gasteiger partial charge in [-0.25, -0.2) is 4.98 Å². The van der Waals surface area contributed by atoms with E-state index in [1.54, 1.807) is 0 Å². The average Bonchev–Trinajstić information content (AvgIpc) is 2.26. The van der Waals surface area contributed by atoms with E-state index >= 15 is 0 Å². The first kappa shape index (κ1) is 14.3. The Morgan fingerprint density at radius 3 is 2.67 bits per heavy atom. The van der Waals surface area contributed by atoms with Crippen LogP contribution in [0.15, 0.2) is 18.3 Å². The smallest absolute Gasteiger partial charge is 0.426 e. The number of alkyl halides is 3. The van der Waals surface area contributed by atoms with Crippen LogP contribution in [-0.4, -0.2) is 42.8 Å². The summed E-state index contributed by atoms with van der Waals surface area (Å²) in [6, 6.07) is 4.37. The van der Waals surface area contributed by atoms with Crippen LogP contribution in [0.2, 0.25) is 0 Å². The zero-order valence-electron chi connectivity index (χ0n) is 9.90. The lowest BCUT2D eigenvalue weighted by atomic mass is 10.3. The average molecular weight is 259 g/mol. The number of aromatic nitrogens is 1. The van der Waals surface area contributed by atoms with Crippen LogP contribution in [0.1, 0.15) is 5.56 Å². The summed E-state index contributed by atoms with van der Waals surface area (Å²) in [7, 11) is 3.03. The van der Waals surface area contributed by atoms with Crippen LogP contribution in [0.3, 0.4) is 0 Å². The summed E-state index contributed by atoms with van der Waals surface area (Å²) in [5, 5.41) is 8.64. The van der Waals surface area contributed by atoms with Gasteiger partial charge in [0.2, 0.25) is 12.0 Å². The highest BCUT2D eigenvalue weighted by atomic mass is 19.4. The van der Waals surface area contributed by atoms with Crippen molar-refractivity contribution in [2.24, 2.45) is 0 Å². The lowest BCUT2D eigenvalue weighted by molar-refractivity contribution is -0.198. The number of rotatable bonds is 4. The minimum Gasteiger partial charge on any atom is -0.463 e. The maximum atomic E-state index is 12.7. The van der Waals surface area contributed by atoms with Crippen LogP contribution < -0.4 is 4.74 Å². The topological polar surface area (TPSA) is 49.1 Å². The molecule has 0 fully saturated rings. The lowest BCUT2D eigenvalue weighted by Gasteiger charge is -2.24. The van der Waals surface area contributed by atoms with Gasteiger partial charge in [0.1, 0.15) is 0 Å². The lowest BCUT2D eigenvalue weighted by Crippen LogP contribution is -2.42. The highest BCUT2D eigenvalue weighted by molar-refractivity contribution is 5.31. The Kier molecular flexibility index (Phi) is 4.50. The number of ether oxygens (including phenoxy) is 1. The molecule has 0 aliphatic carbocycles. The van der Waals surface area contributed by atoms with Gasteiger partial charge in [-0.1, -0.05) is 0 Å². The van der Waals surface area contributed by atoms with E-state index in [0.29, 0.717) is 0 Å². The summed E-state index contributed by atoms with van der Waals surface area (Å²) in [4.78, 5) is 5.02. The van der Waals surface area contributed by atoms with Gasteiger partial charge in [-0.2, -0.15) is 18.4 Å². The predicted molar refractivity (Wildman–Crippen MR) is 58.0 cm³/mol.